The predicted octanol–water partition coefficient (Wildman–Crippen LogP) is 3.66. The van der Waals surface area contributed by atoms with E-state index in [2.05, 4.69) is 0 Å². The molecule has 0 saturated carbocycles. The molecule has 0 unspecified atom stereocenters. The van der Waals surface area contributed by atoms with Crippen LogP contribution in [0.1, 0.15) is 37.8 Å². The lowest BCUT2D eigenvalue weighted by Crippen LogP contribution is -1.97. The van der Waals surface area contributed by atoms with Crippen molar-refractivity contribution in [3.05, 3.63) is 35.4 Å². The summed E-state index contributed by atoms with van der Waals surface area (Å²) in [7, 11) is 0. The first-order chi connectivity index (χ1) is 8.58. The van der Waals surface area contributed by atoms with Gasteiger partial charge < -0.3 is 9.84 Å². The summed E-state index contributed by atoms with van der Waals surface area (Å²) >= 11 is 0. The number of aryl methyl sites for hydroxylation is 1. The fraction of sp³-hybridized carbons (Fsp3) is 0.400. The maximum Gasteiger partial charge on any atom is 0.328 e. The van der Waals surface area contributed by atoms with Gasteiger partial charge in [-0.1, -0.05) is 19.4 Å². The van der Waals surface area contributed by atoms with Gasteiger partial charge >= 0.3 is 5.97 Å². The Morgan fingerprint density at radius 1 is 1.39 bits per heavy atom. The van der Waals surface area contributed by atoms with Gasteiger partial charge in [0.2, 0.25) is 0 Å². The quantitative estimate of drug-likeness (QED) is 0.781. The van der Waals surface area contributed by atoms with Gasteiger partial charge in [-0.2, -0.15) is 0 Å². The van der Waals surface area contributed by atoms with Crippen LogP contribution in [0, 0.1) is 6.92 Å². The van der Waals surface area contributed by atoms with Gasteiger partial charge in [0.15, 0.2) is 0 Å². The van der Waals surface area contributed by atoms with E-state index in [9.17, 15) is 4.79 Å². The third kappa shape index (κ3) is 3.91. The van der Waals surface area contributed by atoms with Gasteiger partial charge in [-0.25, -0.2) is 4.79 Å². The molecule has 0 saturated heterocycles. The molecular formula is C15H20O3. The largest absolute Gasteiger partial charge is 0.494 e. The Hall–Kier alpha value is -1.77. The van der Waals surface area contributed by atoms with Crippen LogP contribution in [0.3, 0.4) is 0 Å². The Morgan fingerprint density at radius 2 is 2.11 bits per heavy atom. The molecule has 0 aliphatic heterocycles. The van der Waals surface area contributed by atoms with E-state index < -0.39 is 5.97 Å². The number of benzene rings is 1. The molecular weight excluding hydrogens is 228 g/mol. The summed E-state index contributed by atoms with van der Waals surface area (Å²) in [4.78, 5) is 10.8. The minimum atomic E-state index is -0.897. The average molecular weight is 248 g/mol. The van der Waals surface area contributed by atoms with Crippen LogP contribution >= 0.6 is 0 Å². The van der Waals surface area contributed by atoms with E-state index in [0.717, 1.165) is 35.3 Å². The zero-order valence-corrected chi connectivity index (χ0v) is 11.2. The summed E-state index contributed by atoms with van der Waals surface area (Å²) < 4.78 is 5.43. The molecule has 98 valence electrons. The zero-order chi connectivity index (χ0) is 13.5. The topological polar surface area (TPSA) is 46.5 Å². The van der Waals surface area contributed by atoms with Gasteiger partial charge in [0.05, 0.1) is 6.61 Å². The Labute approximate surface area is 108 Å². The van der Waals surface area contributed by atoms with E-state index in [-0.39, 0.29) is 0 Å². The van der Waals surface area contributed by atoms with Crippen molar-refractivity contribution in [1.82, 2.24) is 0 Å². The Kier molecular flexibility index (Phi) is 5.43. The van der Waals surface area contributed by atoms with Gasteiger partial charge in [-0.15, -0.1) is 0 Å². The molecule has 0 spiro atoms. The summed E-state index contributed by atoms with van der Waals surface area (Å²) in [5, 5.41) is 8.90. The number of rotatable bonds is 6. The number of ether oxygens (including phenoxy) is 1. The number of hydrogen-bond acceptors (Lipinski definition) is 2. The van der Waals surface area contributed by atoms with Crippen LogP contribution in [0.25, 0.3) is 5.57 Å². The van der Waals surface area contributed by atoms with Crippen molar-refractivity contribution in [2.75, 3.05) is 6.61 Å². The van der Waals surface area contributed by atoms with Crippen molar-refractivity contribution in [1.29, 1.82) is 0 Å². The highest BCUT2D eigenvalue weighted by molar-refractivity contribution is 5.90. The SMILES string of the molecule is CCC/C(=C\C(=O)O)c1ccc(OCC)cc1C. The maximum atomic E-state index is 10.8. The van der Waals surface area contributed by atoms with Crippen molar-refractivity contribution in [3.8, 4) is 5.75 Å². The minimum absolute atomic E-state index is 0.631. The van der Waals surface area contributed by atoms with Gasteiger partial charge in [-0.05, 0) is 49.1 Å². The highest BCUT2D eigenvalue weighted by atomic mass is 16.5. The number of allylic oxidation sites excluding steroid dienone is 1. The number of carboxylic acid groups (broad SMARTS) is 1. The van der Waals surface area contributed by atoms with Crippen LogP contribution in [0.15, 0.2) is 24.3 Å². The molecule has 0 heterocycles. The van der Waals surface area contributed by atoms with E-state index in [1.54, 1.807) is 0 Å². The lowest BCUT2D eigenvalue weighted by molar-refractivity contribution is -0.131. The lowest BCUT2D eigenvalue weighted by Gasteiger charge is -2.11. The highest BCUT2D eigenvalue weighted by Crippen LogP contribution is 2.26. The van der Waals surface area contributed by atoms with E-state index in [1.807, 2.05) is 39.0 Å². The molecule has 3 heteroatoms. The van der Waals surface area contributed by atoms with Crippen molar-refractivity contribution in [3.63, 3.8) is 0 Å². The lowest BCUT2D eigenvalue weighted by atomic mass is 9.96. The number of carboxylic acids is 1. The summed E-state index contributed by atoms with van der Waals surface area (Å²) in [6.07, 6.45) is 2.99. The molecule has 0 fully saturated rings. The second kappa shape index (κ2) is 6.84. The Morgan fingerprint density at radius 3 is 2.61 bits per heavy atom. The van der Waals surface area contributed by atoms with Crippen LogP contribution in [0.4, 0.5) is 0 Å². The third-order valence-corrected chi connectivity index (χ3v) is 2.67. The standard InChI is InChI=1S/C15H20O3/c1-4-6-12(10-15(16)17)14-8-7-13(18-5-2)9-11(14)3/h7-10H,4-6H2,1-3H3,(H,16,17)/b12-10+. The van der Waals surface area contributed by atoms with Crippen molar-refractivity contribution >= 4 is 11.5 Å². The normalized spacial score (nSPS) is 11.4. The molecule has 0 aliphatic carbocycles. The predicted molar refractivity (Wildman–Crippen MR) is 72.9 cm³/mol. The molecule has 18 heavy (non-hydrogen) atoms. The monoisotopic (exact) mass is 248 g/mol. The highest BCUT2D eigenvalue weighted by Gasteiger charge is 2.07. The van der Waals surface area contributed by atoms with Crippen molar-refractivity contribution < 1.29 is 14.6 Å². The number of carbonyl (C=O) groups is 1. The molecule has 0 atom stereocenters. The van der Waals surface area contributed by atoms with Crippen LogP contribution in [0.2, 0.25) is 0 Å². The summed E-state index contributed by atoms with van der Waals surface area (Å²) in [6.45, 7) is 6.59. The van der Waals surface area contributed by atoms with E-state index >= 15 is 0 Å². The van der Waals surface area contributed by atoms with E-state index in [4.69, 9.17) is 9.84 Å². The molecule has 3 nitrogen and oxygen atoms in total. The van der Waals surface area contributed by atoms with E-state index in [1.165, 1.54) is 6.08 Å². The summed E-state index contributed by atoms with van der Waals surface area (Å²) in [5.41, 5.74) is 2.90. The smallest absolute Gasteiger partial charge is 0.328 e. The van der Waals surface area contributed by atoms with Crippen LogP contribution in [0.5, 0.6) is 5.75 Å². The minimum Gasteiger partial charge on any atom is -0.494 e. The molecule has 1 aromatic carbocycles. The molecule has 0 aliphatic rings. The second-order valence-electron chi connectivity index (χ2n) is 4.17. The summed E-state index contributed by atoms with van der Waals surface area (Å²) in [5.74, 6) is -0.0725. The fourth-order valence-corrected chi connectivity index (χ4v) is 1.96. The molecule has 0 amide bonds. The number of aliphatic carboxylic acids is 1. The molecule has 0 bridgehead atoms. The van der Waals surface area contributed by atoms with Gasteiger partial charge in [-0.3, -0.25) is 0 Å². The van der Waals surface area contributed by atoms with Crippen molar-refractivity contribution in [2.24, 2.45) is 0 Å². The molecule has 1 N–H and O–H groups in total. The van der Waals surface area contributed by atoms with Crippen LogP contribution < -0.4 is 4.74 Å². The Bertz CT molecular complexity index is 447. The van der Waals surface area contributed by atoms with E-state index in [0.29, 0.717) is 6.61 Å². The Balaban J connectivity index is 3.09. The summed E-state index contributed by atoms with van der Waals surface area (Å²) in [6, 6.07) is 5.77. The first-order valence-corrected chi connectivity index (χ1v) is 6.25. The molecule has 1 rings (SSSR count). The number of hydrogen-bond donors (Lipinski definition) is 1. The third-order valence-electron chi connectivity index (χ3n) is 2.67. The first kappa shape index (κ1) is 14.3. The van der Waals surface area contributed by atoms with Crippen LogP contribution in [-0.2, 0) is 4.79 Å². The molecule has 0 aromatic heterocycles. The van der Waals surface area contributed by atoms with Gasteiger partial charge in [0.1, 0.15) is 5.75 Å². The molecule has 1 aromatic rings. The van der Waals surface area contributed by atoms with Gasteiger partial charge in [0, 0.05) is 6.08 Å². The average Bonchev–Trinajstić information content (AvgIpc) is 2.28. The van der Waals surface area contributed by atoms with Gasteiger partial charge in [0.25, 0.3) is 0 Å². The maximum absolute atomic E-state index is 10.8. The molecule has 0 radical (unpaired) electrons. The van der Waals surface area contributed by atoms with Crippen molar-refractivity contribution in [2.45, 2.75) is 33.6 Å². The fourth-order valence-electron chi connectivity index (χ4n) is 1.96. The first-order valence-electron chi connectivity index (χ1n) is 6.25. The second-order valence-corrected chi connectivity index (χ2v) is 4.17. The zero-order valence-electron chi connectivity index (χ0n) is 11.2. The van der Waals surface area contributed by atoms with Crippen LogP contribution in [-0.4, -0.2) is 17.7 Å².